The highest BCUT2D eigenvalue weighted by atomic mass is 35.5. The lowest BCUT2D eigenvalue weighted by atomic mass is 9.97. The number of nitrogens with one attached hydrogen (secondary N) is 2. The van der Waals surface area contributed by atoms with Gasteiger partial charge in [0, 0.05) is 18.8 Å². The number of rotatable bonds is 5. The lowest BCUT2D eigenvalue weighted by molar-refractivity contribution is -0.119. The van der Waals surface area contributed by atoms with Gasteiger partial charge in [0.2, 0.25) is 5.91 Å². The van der Waals surface area contributed by atoms with E-state index in [0.29, 0.717) is 6.54 Å². The monoisotopic (exact) mass is 258 g/mol. The summed E-state index contributed by atoms with van der Waals surface area (Å²) in [5, 5.41) is 4.89. The zero-order valence-electron chi connectivity index (χ0n) is 9.93. The topological polar surface area (TPSA) is 58.2 Å². The van der Waals surface area contributed by atoms with Crippen LogP contribution in [0.4, 0.5) is 4.79 Å². The Morgan fingerprint density at radius 3 is 2.82 bits per heavy atom. The van der Waals surface area contributed by atoms with E-state index in [1.807, 2.05) is 0 Å². The van der Waals surface area contributed by atoms with Gasteiger partial charge in [-0.15, -0.1) is 11.6 Å². The summed E-state index contributed by atoms with van der Waals surface area (Å²) in [5.41, 5.74) is 1.41. The van der Waals surface area contributed by atoms with Gasteiger partial charge in [-0.1, -0.05) is 11.6 Å². The van der Waals surface area contributed by atoms with Crippen LogP contribution in [0.3, 0.4) is 0 Å². The van der Waals surface area contributed by atoms with Crippen LogP contribution >= 0.6 is 11.6 Å². The van der Waals surface area contributed by atoms with Crippen LogP contribution in [-0.4, -0.2) is 24.4 Å². The smallest absolute Gasteiger partial charge is 0.321 e. The minimum Gasteiger partial charge on any atom is -0.337 e. The fourth-order valence-electron chi connectivity index (χ4n) is 1.79. The summed E-state index contributed by atoms with van der Waals surface area (Å²) in [6.45, 7) is 0.575. The predicted octanol–water partition coefficient (Wildman–Crippen LogP) is 2.33. The maximum Gasteiger partial charge on any atom is 0.321 e. The highest BCUT2D eigenvalue weighted by molar-refractivity contribution is 6.19. The number of carbonyl (C=O) groups excluding carboxylic acids is 2. The molecule has 1 aliphatic carbocycles. The van der Waals surface area contributed by atoms with E-state index in [1.54, 1.807) is 0 Å². The number of alkyl halides is 1. The van der Waals surface area contributed by atoms with E-state index in [2.05, 4.69) is 16.7 Å². The Labute approximate surface area is 107 Å². The van der Waals surface area contributed by atoms with Gasteiger partial charge in [0.25, 0.3) is 0 Å². The molecule has 0 fully saturated rings. The Balaban J connectivity index is 2.11. The molecule has 0 heterocycles. The van der Waals surface area contributed by atoms with E-state index in [-0.39, 0.29) is 18.2 Å². The van der Waals surface area contributed by atoms with Gasteiger partial charge in [-0.3, -0.25) is 10.1 Å². The molecule has 4 nitrogen and oxygen atoms in total. The van der Waals surface area contributed by atoms with Gasteiger partial charge in [0.1, 0.15) is 0 Å². The first-order valence-corrected chi connectivity index (χ1v) is 6.57. The van der Waals surface area contributed by atoms with Crippen LogP contribution in [0.5, 0.6) is 0 Å². The van der Waals surface area contributed by atoms with E-state index < -0.39 is 6.03 Å². The van der Waals surface area contributed by atoms with E-state index in [0.717, 1.165) is 19.3 Å². The van der Waals surface area contributed by atoms with Gasteiger partial charge in [-0.05, 0) is 32.1 Å². The normalized spacial score (nSPS) is 15.0. The second-order valence-corrected chi connectivity index (χ2v) is 4.48. The summed E-state index contributed by atoms with van der Waals surface area (Å²) < 4.78 is 0. The van der Waals surface area contributed by atoms with Crippen molar-refractivity contribution < 1.29 is 9.59 Å². The number of urea groups is 1. The number of carbonyl (C=O) groups is 2. The van der Waals surface area contributed by atoms with Crippen molar-refractivity contribution in [3.05, 3.63) is 11.6 Å². The SMILES string of the molecule is O=C(CCCl)NC(=O)NCCC1=CCCCC1. The first-order valence-electron chi connectivity index (χ1n) is 6.04. The molecule has 5 heteroatoms. The van der Waals surface area contributed by atoms with Gasteiger partial charge >= 0.3 is 6.03 Å². The van der Waals surface area contributed by atoms with Crippen molar-refractivity contribution in [3.63, 3.8) is 0 Å². The van der Waals surface area contributed by atoms with E-state index in [1.165, 1.54) is 18.4 Å². The molecule has 0 aromatic rings. The third-order valence-corrected chi connectivity index (χ3v) is 2.88. The average Bonchev–Trinajstić information content (AvgIpc) is 2.30. The molecule has 17 heavy (non-hydrogen) atoms. The largest absolute Gasteiger partial charge is 0.337 e. The summed E-state index contributed by atoms with van der Waals surface area (Å²) >= 11 is 5.39. The van der Waals surface area contributed by atoms with Crippen molar-refractivity contribution in [2.24, 2.45) is 0 Å². The van der Waals surface area contributed by atoms with Crippen molar-refractivity contribution in [1.82, 2.24) is 10.6 Å². The van der Waals surface area contributed by atoms with Crippen LogP contribution in [0.25, 0.3) is 0 Å². The lowest BCUT2D eigenvalue weighted by Crippen LogP contribution is -2.40. The third kappa shape index (κ3) is 6.31. The van der Waals surface area contributed by atoms with Crippen LogP contribution in [0.2, 0.25) is 0 Å². The molecule has 96 valence electrons. The first kappa shape index (κ1) is 14.0. The highest BCUT2D eigenvalue weighted by Gasteiger charge is 2.07. The van der Waals surface area contributed by atoms with Crippen LogP contribution in [0.15, 0.2) is 11.6 Å². The van der Waals surface area contributed by atoms with Crippen LogP contribution in [0, 0.1) is 0 Å². The molecule has 2 N–H and O–H groups in total. The Hall–Kier alpha value is -1.03. The second-order valence-electron chi connectivity index (χ2n) is 4.10. The number of amides is 3. The van der Waals surface area contributed by atoms with Crippen LogP contribution in [0.1, 0.15) is 38.5 Å². The van der Waals surface area contributed by atoms with Crippen LogP contribution in [-0.2, 0) is 4.79 Å². The molecule has 0 saturated heterocycles. The van der Waals surface area contributed by atoms with E-state index in [4.69, 9.17) is 11.6 Å². The van der Waals surface area contributed by atoms with Crippen molar-refractivity contribution in [2.75, 3.05) is 12.4 Å². The molecule has 0 radical (unpaired) electrons. The molecule has 1 aliphatic rings. The molecule has 0 atom stereocenters. The Kier molecular flexibility index (Phi) is 6.70. The standard InChI is InChI=1S/C12H19ClN2O2/c13-8-6-11(16)15-12(17)14-9-7-10-4-2-1-3-5-10/h4H,1-3,5-9H2,(H2,14,15,16,17). The molecular formula is C12H19ClN2O2. The van der Waals surface area contributed by atoms with Crippen LogP contribution < -0.4 is 10.6 Å². The number of allylic oxidation sites excluding steroid dienone is 1. The number of imide groups is 1. The third-order valence-electron chi connectivity index (χ3n) is 2.69. The maximum absolute atomic E-state index is 11.3. The minimum atomic E-state index is -0.434. The molecule has 1 rings (SSSR count). The molecular weight excluding hydrogens is 240 g/mol. The summed E-state index contributed by atoms with van der Waals surface area (Å²) in [6.07, 6.45) is 8.08. The Bertz CT molecular complexity index is 303. The maximum atomic E-state index is 11.3. The van der Waals surface area contributed by atoms with Gasteiger partial charge in [-0.25, -0.2) is 4.79 Å². The fourth-order valence-corrected chi connectivity index (χ4v) is 1.96. The number of hydrogen-bond donors (Lipinski definition) is 2. The van der Waals surface area contributed by atoms with Crippen molar-refractivity contribution in [1.29, 1.82) is 0 Å². The zero-order chi connectivity index (χ0) is 12.5. The van der Waals surface area contributed by atoms with Crippen molar-refractivity contribution >= 4 is 23.5 Å². The molecule has 0 bridgehead atoms. The second kappa shape index (κ2) is 8.12. The molecule has 0 aliphatic heterocycles. The van der Waals surface area contributed by atoms with Gasteiger partial charge < -0.3 is 5.32 Å². The van der Waals surface area contributed by atoms with Gasteiger partial charge in [-0.2, -0.15) is 0 Å². The summed E-state index contributed by atoms with van der Waals surface area (Å²) in [7, 11) is 0. The van der Waals surface area contributed by atoms with Gasteiger partial charge in [0.15, 0.2) is 0 Å². The fraction of sp³-hybridized carbons (Fsp3) is 0.667. The molecule has 3 amide bonds. The summed E-state index contributed by atoms with van der Waals surface area (Å²) in [4.78, 5) is 22.3. The highest BCUT2D eigenvalue weighted by Crippen LogP contribution is 2.19. The average molecular weight is 259 g/mol. The molecule has 0 spiro atoms. The number of halogens is 1. The van der Waals surface area contributed by atoms with E-state index in [9.17, 15) is 9.59 Å². The quantitative estimate of drug-likeness (QED) is 0.587. The Morgan fingerprint density at radius 2 is 2.18 bits per heavy atom. The predicted molar refractivity (Wildman–Crippen MR) is 68.0 cm³/mol. The Morgan fingerprint density at radius 1 is 1.35 bits per heavy atom. The molecule has 0 saturated carbocycles. The summed E-state index contributed by atoms with van der Waals surface area (Å²) in [5.74, 6) is -0.110. The van der Waals surface area contributed by atoms with Crippen molar-refractivity contribution in [3.8, 4) is 0 Å². The molecule has 0 aromatic carbocycles. The van der Waals surface area contributed by atoms with Gasteiger partial charge in [0.05, 0.1) is 0 Å². The molecule has 0 unspecified atom stereocenters. The zero-order valence-corrected chi connectivity index (χ0v) is 10.7. The van der Waals surface area contributed by atoms with E-state index >= 15 is 0 Å². The summed E-state index contributed by atoms with van der Waals surface area (Å²) in [6, 6.07) is -0.434. The molecule has 0 aromatic heterocycles. The van der Waals surface area contributed by atoms with Crippen molar-refractivity contribution in [2.45, 2.75) is 38.5 Å². The lowest BCUT2D eigenvalue weighted by Gasteiger charge is -2.12. The minimum absolute atomic E-state index is 0.167. The first-order chi connectivity index (χ1) is 8.22. The number of hydrogen-bond acceptors (Lipinski definition) is 2.